The predicted molar refractivity (Wildman–Crippen MR) is 85.4 cm³/mol. The number of halogens is 1. The number of rotatable bonds is 6. The smallest absolute Gasteiger partial charge is 0.0722 e. The summed E-state index contributed by atoms with van der Waals surface area (Å²) in [6.45, 7) is 5.00. The summed E-state index contributed by atoms with van der Waals surface area (Å²) >= 11 is 6.13. The van der Waals surface area contributed by atoms with Gasteiger partial charge < -0.3 is 15.0 Å². The van der Waals surface area contributed by atoms with E-state index >= 15 is 0 Å². The minimum atomic E-state index is 0.164. The Morgan fingerprint density at radius 1 is 1.40 bits per heavy atom. The molecule has 2 aromatic rings. The second-order valence-corrected chi connectivity index (χ2v) is 5.82. The lowest BCUT2D eigenvalue weighted by molar-refractivity contribution is 0.104. The summed E-state index contributed by atoms with van der Waals surface area (Å²) in [7, 11) is 1.73. The minimum absolute atomic E-state index is 0.164. The van der Waals surface area contributed by atoms with Gasteiger partial charge in [0.15, 0.2) is 0 Å². The van der Waals surface area contributed by atoms with E-state index in [-0.39, 0.29) is 12.1 Å². The van der Waals surface area contributed by atoms with Crippen LogP contribution in [0.2, 0.25) is 5.02 Å². The van der Waals surface area contributed by atoms with Crippen molar-refractivity contribution < 1.29 is 4.74 Å². The fraction of sp³-hybridized carbons (Fsp3) is 0.500. The lowest BCUT2D eigenvalue weighted by Gasteiger charge is -2.11. The first-order valence-corrected chi connectivity index (χ1v) is 7.48. The van der Waals surface area contributed by atoms with Crippen molar-refractivity contribution in [1.29, 1.82) is 0 Å². The van der Waals surface area contributed by atoms with E-state index in [1.54, 1.807) is 7.11 Å². The van der Waals surface area contributed by atoms with Crippen LogP contribution in [0.1, 0.15) is 25.8 Å². The number of aromatic nitrogens is 1. The third-order valence-electron chi connectivity index (χ3n) is 3.79. The minimum Gasteiger partial charge on any atom is -0.380 e. The highest BCUT2D eigenvalue weighted by Gasteiger charge is 2.13. The second kappa shape index (κ2) is 6.61. The zero-order chi connectivity index (χ0) is 14.7. The Balaban J connectivity index is 2.43. The average Bonchev–Trinajstić information content (AvgIpc) is 2.75. The molecule has 2 atom stereocenters. The number of benzene rings is 1. The van der Waals surface area contributed by atoms with Gasteiger partial charge in [0.2, 0.25) is 0 Å². The van der Waals surface area contributed by atoms with Gasteiger partial charge in [-0.25, -0.2) is 0 Å². The largest absolute Gasteiger partial charge is 0.380 e. The highest BCUT2D eigenvalue weighted by Crippen LogP contribution is 2.26. The molecule has 4 heteroatoms. The van der Waals surface area contributed by atoms with Crippen LogP contribution in [0.3, 0.4) is 0 Å². The van der Waals surface area contributed by atoms with E-state index in [2.05, 4.69) is 30.7 Å². The lowest BCUT2D eigenvalue weighted by Crippen LogP contribution is -2.21. The van der Waals surface area contributed by atoms with Crippen LogP contribution >= 0.6 is 11.6 Å². The summed E-state index contributed by atoms with van der Waals surface area (Å²) in [6, 6.07) is 6.24. The van der Waals surface area contributed by atoms with Crippen LogP contribution in [0.5, 0.6) is 0 Å². The molecule has 1 aromatic heterocycles. The highest BCUT2D eigenvalue weighted by molar-refractivity contribution is 6.31. The quantitative estimate of drug-likeness (QED) is 0.884. The van der Waals surface area contributed by atoms with E-state index in [1.165, 1.54) is 10.9 Å². The fourth-order valence-electron chi connectivity index (χ4n) is 2.43. The van der Waals surface area contributed by atoms with Crippen molar-refractivity contribution in [2.24, 2.45) is 5.73 Å². The fourth-order valence-corrected chi connectivity index (χ4v) is 2.60. The Labute approximate surface area is 125 Å². The normalized spacial score (nSPS) is 14.7. The first kappa shape index (κ1) is 15.4. The average molecular weight is 295 g/mol. The van der Waals surface area contributed by atoms with Gasteiger partial charge in [-0.05, 0) is 37.5 Å². The number of fused-ring (bicyclic) bond motifs is 1. The summed E-state index contributed by atoms with van der Waals surface area (Å²) in [4.78, 5) is 0. The molecule has 0 amide bonds. The Morgan fingerprint density at radius 2 is 2.15 bits per heavy atom. The molecule has 20 heavy (non-hydrogen) atoms. The Bertz CT molecular complexity index is 579. The van der Waals surface area contributed by atoms with Crippen LogP contribution in [0.15, 0.2) is 24.4 Å². The molecule has 1 aromatic carbocycles. The molecule has 0 radical (unpaired) electrons. The van der Waals surface area contributed by atoms with Gasteiger partial charge in [0.25, 0.3) is 0 Å². The molecule has 0 bridgehead atoms. The molecule has 0 aliphatic heterocycles. The molecule has 0 aliphatic rings. The molecule has 0 saturated carbocycles. The number of nitrogens with two attached hydrogens (primary N) is 1. The summed E-state index contributed by atoms with van der Waals surface area (Å²) in [6.07, 6.45) is 4.22. The van der Waals surface area contributed by atoms with Crippen LogP contribution in [0, 0.1) is 0 Å². The van der Waals surface area contributed by atoms with Crippen molar-refractivity contribution >= 4 is 22.5 Å². The Morgan fingerprint density at radius 3 is 2.80 bits per heavy atom. The maximum atomic E-state index is 6.13. The summed E-state index contributed by atoms with van der Waals surface area (Å²) in [5, 5.41) is 2.00. The van der Waals surface area contributed by atoms with Gasteiger partial charge in [0.1, 0.15) is 0 Å². The summed E-state index contributed by atoms with van der Waals surface area (Å²) in [5.41, 5.74) is 8.54. The molecule has 2 unspecified atom stereocenters. The maximum absolute atomic E-state index is 6.13. The number of ether oxygens (including phenoxy) is 1. The van der Waals surface area contributed by atoms with Crippen LogP contribution in [0.4, 0.5) is 0 Å². The molecule has 0 spiro atoms. The molecular formula is C16H23ClN2O. The molecule has 0 fully saturated rings. The molecule has 110 valence electrons. The number of hydrogen-bond donors (Lipinski definition) is 1. The van der Waals surface area contributed by atoms with Gasteiger partial charge in [-0.2, -0.15) is 0 Å². The standard InChI is InChI=1S/C16H23ClN2O/c1-4-14(18)7-12-10-19(9-11(2)20-3)16-8-13(17)5-6-15(12)16/h5-6,8,10-11,14H,4,7,9,18H2,1-3H3. The highest BCUT2D eigenvalue weighted by atomic mass is 35.5. The van der Waals surface area contributed by atoms with Crippen LogP contribution < -0.4 is 5.73 Å². The predicted octanol–water partition coefficient (Wildman–Crippen LogP) is 3.61. The van der Waals surface area contributed by atoms with Crippen molar-refractivity contribution in [3.8, 4) is 0 Å². The van der Waals surface area contributed by atoms with E-state index in [0.29, 0.717) is 0 Å². The molecule has 3 nitrogen and oxygen atoms in total. The van der Waals surface area contributed by atoms with Gasteiger partial charge in [0, 0.05) is 41.8 Å². The third-order valence-corrected chi connectivity index (χ3v) is 4.02. The maximum Gasteiger partial charge on any atom is 0.0722 e. The zero-order valence-corrected chi connectivity index (χ0v) is 13.2. The van der Waals surface area contributed by atoms with Crippen molar-refractivity contribution in [2.75, 3.05) is 7.11 Å². The SMILES string of the molecule is CCC(N)Cc1cn(CC(C)OC)c2cc(Cl)ccc12. The first-order chi connectivity index (χ1) is 9.55. The number of methoxy groups -OCH3 is 1. The van der Waals surface area contributed by atoms with Crippen molar-refractivity contribution in [2.45, 2.75) is 45.4 Å². The third kappa shape index (κ3) is 3.35. The van der Waals surface area contributed by atoms with Crippen molar-refractivity contribution in [3.05, 3.63) is 35.0 Å². The number of hydrogen-bond acceptors (Lipinski definition) is 2. The molecule has 2 N–H and O–H groups in total. The Hall–Kier alpha value is -1.03. The van der Waals surface area contributed by atoms with E-state index < -0.39 is 0 Å². The zero-order valence-electron chi connectivity index (χ0n) is 12.4. The monoisotopic (exact) mass is 294 g/mol. The van der Waals surface area contributed by atoms with Gasteiger partial charge in [-0.3, -0.25) is 0 Å². The first-order valence-electron chi connectivity index (χ1n) is 7.10. The van der Waals surface area contributed by atoms with Crippen LogP contribution in [0.25, 0.3) is 10.9 Å². The van der Waals surface area contributed by atoms with Gasteiger partial charge >= 0.3 is 0 Å². The van der Waals surface area contributed by atoms with Gasteiger partial charge in [-0.15, -0.1) is 0 Å². The van der Waals surface area contributed by atoms with Crippen molar-refractivity contribution in [3.63, 3.8) is 0 Å². The van der Waals surface area contributed by atoms with Gasteiger partial charge in [0.05, 0.1) is 6.10 Å². The van der Waals surface area contributed by atoms with Crippen LogP contribution in [-0.2, 0) is 17.7 Å². The van der Waals surface area contributed by atoms with E-state index in [1.807, 2.05) is 12.1 Å². The van der Waals surface area contributed by atoms with Crippen molar-refractivity contribution in [1.82, 2.24) is 4.57 Å². The number of nitrogens with zero attached hydrogens (tertiary/aromatic N) is 1. The molecule has 0 aliphatic carbocycles. The second-order valence-electron chi connectivity index (χ2n) is 5.39. The summed E-state index contributed by atoms with van der Waals surface area (Å²) < 4.78 is 7.58. The van der Waals surface area contributed by atoms with E-state index in [4.69, 9.17) is 22.1 Å². The van der Waals surface area contributed by atoms with E-state index in [0.717, 1.165) is 29.9 Å². The van der Waals surface area contributed by atoms with Crippen LogP contribution in [-0.4, -0.2) is 23.8 Å². The molecule has 1 heterocycles. The molecular weight excluding hydrogens is 272 g/mol. The van der Waals surface area contributed by atoms with Gasteiger partial charge in [-0.1, -0.05) is 24.6 Å². The summed E-state index contributed by atoms with van der Waals surface area (Å²) in [5.74, 6) is 0. The molecule has 2 rings (SSSR count). The topological polar surface area (TPSA) is 40.2 Å². The lowest BCUT2D eigenvalue weighted by atomic mass is 10.0. The van der Waals surface area contributed by atoms with E-state index in [9.17, 15) is 0 Å². The Kier molecular flexibility index (Phi) is 5.08. The molecule has 0 saturated heterocycles.